The largest absolute Gasteiger partial charge is 0.448 e. The minimum atomic E-state index is -0.399. The summed E-state index contributed by atoms with van der Waals surface area (Å²) in [7, 11) is 0. The first-order valence-corrected chi connectivity index (χ1v) is 5.05. The van der Waals surface area contributed by atoms with E-state index in [1.165, 1.54) is 0 Å². The summed E-state index contributed by atoms with van der Waals surface area (Å²) < 4.78 is 4.96. The van der Waals surface area contributed by atoms with Gasteiger partial charge in [0.05, 0.1) is 0 Å². The number of alkyl carbamates (subject to hydrolysis) is 1. The van der Waals surface area contributed by atoms with Gasteiger partial charge in [-0.2, -0.15) is 0 Å². The minimum absolute atomic E-state index is 0.0503. The van der Waals surface area contributed by atoms with Crippen molar-refractivity contribution >= 4 is 6.09 Å². The van der Waals surface area contributed by atoms with E-state index in [9.17, 15) is 4.79 Å². The first-order valence-electron chi connectivity index (χ1n) is 5.05. The Morgan fingerprint density at radius 3 is 2.50 bits per heavy atom. The van der Waals surface area contributed by atoms with Crippen LogP contribution in [0.4, 0.5) is 4.79 Å². The van der Waals surface area contributed by atoms with Crippen molar-refractivity contribution < 1.29 is 9.53 Å². The van der Waals surface area contributed by atoms with Crippen LogP contribution in [-0.4, -0.2) is 24.3 Å². The second-order valence-corrected chi connectivity index (χ2v) is 4.52. The van der Waals surface area contributed by atoms with Gasteiger partial charge in [0.2, 0.25) is 0 Å². The van der Waals surface area contributed by atoms with Crippen LogP contribution in [0.3, 0.4) is 0 Å². The predicted octanol–water partition coefficient (Wildman–Crippen LogP) is 1.64. The second-order valence-electron chi connectivity index (χ2n) is 4.52. The Morgan fingerprint density at radius 2 is 2.07 bits per heavy atom. The molecule has 1 atom stereocenters. The minimum Gasteiger partial charge on any atom is -0.448 e. The maximum absolute atomic E-state index is 11.2. The molecule has 0 aromatic heterocycles. The van der Waals surface area contributed by atoms with Crippen LogP contribution in [0.2, 0.25) is 0 Å². The van der Waals surface area contributed by atoms with Gasteiger partial charge in [0, 0.05) is 11.6 Å². The molecule has 0 heterocycles. The molecule has 14 heavy (non-hydrogen) atoms. The highest BCUT2D eigenvalue weighted by Crippen LogP contribution is 2.00. The lowest BCUT2D eigenvalue weighted by atomic mass is 10.1. The molecule has 4 heteroatoms. The SMILES string of the molecule is CCCC(N)COC(=O)NC(C)(C)C. The molecule has 3 N–H and O–H groups in total. The highest BCUT2D eigenvalue weighted by molar-refractivity contribution is 5.68. The van der Waals surface area contributed by atoms with Crippen molar-refractivity contribution in [2.45, 2.75) is 52.1 Å². The summed E-state index contributed by atoms with van der Waals surface area (Å²) in [6.07, 6.45) is 1.48. The Balaban J connectivity index is 3.64. The Labute approximate surface area is 86.2 Å². The van der Waals surface area contributed by atoms with Crippen molar-refractivity contribution in [1.82, 2.24) is 5.32 Å². The van der Waals surface area contributed by atoms with Crippen molar-refractivity contribution in [3.8, 4) is 0 Å². The Kier molecular flexibility index (Phi) is 5.53. The summed E-state index contributed by atoms with van der Waals surface area (Å²) in [5.41, 5.74) is 5.43. The average molecular weight is 202 g/mol. The van der Waals surface area contributed by atoms with Crippen molar-refractivity contribution in [2.24, 2.45) is 5.73 Å². The van der Waals surface area contributed by atoms with E-state index in [0.717, 1.165) is 12.8 Å². The van der Waals surface area contributed by atoms with Crippen LogP contribution in [0, 0.1) is 0 Å². The second kappa shape index (κ2) is 5.86. The average Bonchev–Trinajstić information content (AvgIpc) is 1.98. The Bertz CT molecular complexity index is 175. The van der Waals surface area contributed by atoms with E-state index in [4.69, 9.17) is 10.5 Å². The highest BCUT2D eigenvalue weighted by Gasteiger charge is 2.15. The summed E-state index contributed by atoms with van der Waals surface area (Å²) in [5, 5.41) is 2.70. The number of hydrogen-bond donors (Lipinski definition) is 2. The lowest BCUT2D eigenvalue weighted by Crippen LogP contribution is -2.42. The van der Waals surface area contributed by atoms with E-state index in [1.54, 1.807) is 0 Å². The monoisotopic (exact) mass is 202 g/mol. The number of carbonyl (C=O) groups excluding carboxylic acids is 1. The van der Waals surface area contributed by atoms with Gasteiger partial charge in [-0.05, 0) is 27.2 Å². The molecule has 0 rings (SSSR count). The molecule has 0 aliphatic rings. The first kappa shape index (κ1) is 13.2. The van der Waals surface area contributed by atoms with Crippen molar-refractivity contribution in [3.63, 3.8) is 0 Å². The fourth-order valence-electron chi connectivity index (χ4n) is 0.979. The predicted molar refractivity (Wildman–Crippen MR) is 57.1 cm³/mol. The highest BCUT2D eigenvalue weighted by atomic mass is 16.5. The van der Waals surface area contributed by atoms with Crippen LogP contribution < -0.4 is 11.1 Å². The smallest absolute Gasteiger partial charge is 0.407 e. The number of nitrogens with two attached hydrogens (primary N) is 1. The number of nitrogens with one attached hydrogen (secondary N) is 1. The topological polar surface area (TPSA) is 64.3 Å². The third-order valence-corrected chi connectivity index (χ3v) is 1.57. The summed E-state index contributed by atoms with van der Waals surface area (Å²) in [6.45, 7) is 8.05. The van der Waals surface area contributed by atoms with E-state index in [2.05, 4.69) is 12.2 Å². The molecule has 0 aromatic carbocycles. The molecule has 4 nitrogen and oxygen atoms in total. The third kappa shape index (κ3) is 7.86. The first-order chi connectivity index (χ1) is 6.35. The lowest BCUT2D eigenvalue weighted by molar-refractivity contribution is 0.129. The number of hydrogen-bond acceptors (Lipinski definition) is 3. The van der Waals surface area contributed by atoms with E-state index in [1.807, 2.05) is 20.8 Å². The van der Waals surface area contributed by atoms with Gasteiger partial charge in [-0.25, -0.2) is 4.79 Å². The molecule has 0 saturated carbocycles. The van der Waals surface area contributed by atoms with Gasteiger partial charge in [0.25, 0.3) is 0 Å². The number of rotatable bonds is 4. The van der Waals surface area contributed by atoms with Gasteiger partial charge in [-0.1, -0.05) is 13.3 Å². The maximum Gasteiger partial charge on any atom is 0.407 e. The molecule has 1 unspecified atom stereocenters. The lowest BCUT2D eigenvalue weighted by Gasteiger charge is -2.20. The number of carbonyl (C=O) groups is 1. The quantitative estimate of drug-likeness (QED) is 0.728. The molecule has 0 aliphatic carbocycles. The Morgan fingerprint density at radius 1 is 1.50 bits per heavy atom. The van der Waals surface area contributed by atoms with Gasteiger partial charge in [0.15, 0.2) is 0 Å². The van der Waals surface area contributed by atoms with Gasteiger partial charge in [-0.3, -0.25) is 0 Å². The van der Waals surface area contributed by atoms with Crippen LogP contribution in [0.5, 0.6) is 0 Å². The van der Waals surface area contributed by atoms with Crippen LogP contribution in [0.25, 0.3) is 0 Å². The normalized spacial score (nSPS) is 13.5. The molecule has 0 aromatic rings. The van der Waals surface area contributed by atoms with E-state index in [0.29, 0.717) is 0 Å². The van der Waals surface area contributed by atoms with Gasteiger partial charge < -0.3 is 15.8 Å². The molecule has 0 saturated heterocycles. The molecule has 0 bridgehead atoms. The molecule has 0 radical (unpaired) electrons. The van der Waals surface area contributed by atoms with Crippen LogP contribution >= 0.6 is 0 Å². The molecule has 0 fully saturated rings. The van der Waals surface area contributed by atoms with Crippen molar-refractivity contribution in [3.05, 3.63) is 0 Å². The molecule has 0 aliphatic heterocycles. The van der Waals surface area contributed by atoms with Gasteiger partial charge in [0.1, 0.15) is 6.61 Å². The van der Waals surface area contributed by atoms with Crippen molar-refractivity contribution in [2.75, 3.05) is 6.61 Å². The summed E-state index contributed by atoms with van der Waals surface area (Å²) in [6, 6.07) is -0.0503. The summed E-state index contributed by atoms with van der Waals surface area (Å²) >= 11 is 0. The zero-order chi connectivity index (χ0) is 11.2. The molecule has 84 valence electrons. The molecular weight excluding hydrogens is 180 g/mol. The van der Waals surface area contributed by atoms with Crippen molar-refractivity contribution in [1.29, 1.82) is 0 Å². The molecule has 0 spiro atoms. The third-order valence-electron chi connectivity index (χ3n) is 1.57. The fourth-order valence-corrected chi connectivity index (χ4v) is 0.979. The molecule has 1 amide bonds. The van der Waals surface area contributed by atoms with E-state index < -0.39 is 6.09 Å². The molecular formula is C10H22N2O2. The maximum atomic E-state index is 11.2. The van der Waals surface area contributed by atoms with Crippen LogP contribution in [0.15, 0.2) is 0 Å². The Hall–Kier alpha value is -0.770. The summed E-state index contributed by atoms with van der Waals surface area (Å²) in [5.74, 6) is 0. The zero-order valence-electron chi connectivity index (χ0n) is 9.59. The van der Waals surface area contributed by atoms with Gasteiger partial charge in [-0.15, -0.1) is 0 Å². The number of amides is 1. The van der Waals surface area contributed by atoms with E-state index in [-0.39, 0.29) is 18.2 Å². The standard InChI is InChI=1S/C10H22N2O2/c1-5-6-8(11)7-14-9(13)12-10(2,3)4/h8H,5-7,11H2,1-4H3,(H,12,13). The van der Waals surface area contributed by atoms with E-state index >= 15 is 0 Å². The summed E-state index contributed by atoms with van der Waals surface area (Å²) in [4.78, 5) is 11.2. The zero-order valence-corrected chi connectivity index (χ0v) is 9.59. The van der Waals surface area contributed by atoms with Crippen LogP contribution in [-0.2, 0) is 4.74 Å². The van der Waals surface area contributed by atoms with Gasteiger partial charge >= 0.3 is 6.09 Å². The fraction of sp³-hybridized carbons (Fsp3) is 0.900. The number of ether oxygens (including phenoxy) is 1. The van der Waals surface area contributed by atoms with Crippen LogP contribution in [0.1, 0.15) is 40.5 Å².